The van der Waals surface area contributed by atoms with Crippen LogP contribution in [0.15, 0.2) is 48.5 Å². The van der Waals surface area contributed by atoms with Crippen LogP contribution in [0.1, 0.15) is 20.7 Å². The molecule has 2 aromatic carbocycles. The van der Waals surface area contributed by atoms with E-state index in [0.717, 1.165) is 0 Å². The van der Waals surface area contributed by atoms with Crippen LogP contribution < -0.4 is 21.7 Å². The zero-order chi connectivity index (χ0) is 17.5. The third-order valence-corrected chi connectivity index (χ3v) is 3.22. The van der Waals surface area contributed by atoms with E-state index >= 15 is 0 Å². The predicted octanol–water partition coefficient (Wildman–Crippen LogP) is 2.28. The Morgan fingerprint density at radius 3 is 1.46 bits per heavy atom. The van der Waals surface area contributed by atoms with Crippen molar-refractivity contribution in [3.63, 3.8) is 0 Å². The molecule has 0 spiro atoms. The van der Waals surface area contributed by atoms with Crippen molar-refractivity contribution < 1.29 is 14.4 Å². The summed E-state index contributed by atoms with van der Waals surface area (Å²) in [5.41, 5.74) is 9.04. The smallest absolute Gasteiger partial charge is 0.267 e. The van der Waals surface area contributed by atoms with Gasteiger partial charge in [0.15, 0.2) is 0 Å². The van der Waals surface area contributed by atoms with Gasteiger partial charge in [-0.15, -0.1) is 0 Å². The molecule has 0 atom stereocenters. The molecule has 0 heterocycles. The lowest BCUT2D eigenvalue weighted by Crippen LogP contribution is -2.52. The monoisotopic (exact) mass is 366 g/mol. The molecule has 0 bridgehead atoms. The number of rotatable bonds is 2. The van der Waals surface area contributed by atoms with E-state index in [1.54, 1.807) is 24.3 Å². The number of hydrogen-bond acceptors (Lipinski definition) is 3. The molecular weight excluding hydrogens is 355 g/mol. The van der Waals surface area contributed by atoms with Crippen LogP contribution >= 0.6 is 23.2 Å². The third kappa shape index (κ3) is 5.15. The molecule has 2 rings (SSSR count). The largest absolute Gasteiger partial charge is 0.352 e. The molecule has 0 unspecified atom stereocenters. The molecule has 0 radical (unpaired) electrons. The highest BCUT2D eigenvalue weighted by Gasteiger charge is 2.09. The first-order chi connectivity index (χ1) is 11.5. The summed E-state index contributed by atoms with van der Waals surface area (Å²) >= 11 is 11.5. The average Bonchev–Trinajstić information content (AvgIpc) is 2.57. The molecule has 0 saturated carbocycles. The Kier molecular flexibility index (Phi) is 6.00. The molecule has 9 heteroatoms. The fourth-order valence-corrected chi connectivity index (χ4v) is 2.04. The van der Waals surface area contributed by atoms with Crippen molar-refractivity contribution in [2.45, 2.75) is 0 Å². The van der Waals surface area contributed by atoms with E-state index in [4.69, 9.17) is 23.2 Å². The number of hydrazine groups is 2. The summed E-state index contributed by atoms with van der Waals surface area (Å²) in [6.07, 6.45) is 0. The van der Waals surface area contributed by atoms with Crippen LogP contribution in [0.3, 0.4) is 0 Å². The van der Waals surface area contributed by atoms with Crippen LogP contribution in [-0.4, -0.2) is 17.8 Å². The summed E-state index contributed by atoms with van der Waals surface area (Å²) in [5, 5.41) is 0.779. The number of nitrogens with one attached hydrogen (secondary N) is 4. The first-order valence-electron chi connectivity index (χ1n) is 6.63. The Morgan fingerprint density at radius 2 is 1.08 bits per heavy atom. The first kappa shape index (κ1) is 17.6. The summed E-state index contributed by atoms with van der Waals surface area (Å²) in [4.78, 5) is 35.1. The Hall–Kier alpha value is -2.77. The van der Waals surface area contributed by atoms with E-state index in [2.05, 4.69) is 21.7 Å². The van der Waals surface area contributed by atoms with Gasteiger partial charge in [0.2, 0.25) is 0 Å². The highest BCUT2D eigenvalue weighted by atomic mass is 35.5. The van der Waals surface area contributed by atoms with Gasteiger partial charge in [0.25, 0.3) is 11.8 Å². The maximum atomic E-state index is 11.8. The van der Waals surface area contributed by atoms with Crippen LogP contribution in [0.25, 0.3) is 0 Å². The summed E-state index contributed by atoms with van der Waals surface area (Å²) in [6.45, 7) is 0. The van der Waals surface area contributed by atoms with Gasteiger partial charge >= 0.3 is 6.03 Å². The van der Waals surface area contributed by atoms with E-state index in [-0.39, 0.29) is 11.1 Å². The number of carbonyl (C=O) groups excluding carboxylic acids is 3. The van der Waals surface area contributed by atoms with E-state index < -0.39 is 17.8 Å². The van der Waals surface area contributed by atoms with Crippen molar-refractivity contribution >= 4 is 41.0 Å². The van der Waals surface area contributed by atoms with Gasteiger partial charge in [-0.2, -0.15) is 0 Å². The van der Waals surface area contributed by atoms with Gasteiger partial charge in [-0.25, -0.2) is 15.6 Å². The second kappa shape index (κ2) is 8.19. The zero-order valence-electron chi connectivity index (χ0n) is 12.1. The molecule has 0 aromatic heterocycles. The lowest BCUT2D eigenvalue weighted by Gasteiger charge is -2.10. The number of halogens is 2. The van der Waals surface area contributed by atoms with Crippen LogP contribution in [0.2, 0.25) is 10.0 Å². The fraction of sp³-hybridized carbons (Fsp3) is 0. The Balaban J connectivity index is 1.79. The second-order valence-electron chi connectivity index (χ2n) is 4.51. The highest BCUT2D eigenvalue weighted by Crippen LogP contribution is 2.10. The first-order valence-corrected chi connectivity index (χ1v) is 7.39. The molecule has 2 aromatic rings. The minimum absolute atomic E-state index is 0.269. The quantitative estimate of drug-likeness (QED) is 0.613. The van der Waals surface area contributed by atoms with Gasteiger partial charge in [0.1, 0.15) is 0 Å². The van der Waals surface area contributed by atoms with Crippen LogP contribution in [0.4, 0.5) is 4.79 Å². The molecule has 0 aliphatic rings. The lowest BCUT2D eigenvalue weighted by molar-refractivity contribution is 0.0929. The molecule has 0 saturated heterocycles. The highest BCUT2D eigenvalue weighted by molar-refractivity contribution is 6.31. The van der Waals surface area contributed by atoms with Crippen molar-refractivity contribution in [2.75, 3.05) is 0 Å². The van der Waals surface area contributed by atoms with Crippen LogP contribution in [-0.2, 0) is 0 Å². The number of hydrogen-bond donors (Lipinski definition) is 4. The van der Waals surface area contributed by atoms with Crippen molar-refractivity contribution in [2.24, 2.45) is 0 Å². The molecule has 4 amide bonds. The van der Waals surface area contributed by atoms with Crippen molar-refractivity contribution in [1.29, 1.82) is 0 Å². The van der Waals surface area contributed by atoms with Crippen molar-refractivity contribution in [1.82, 2.24) is 21.7 Å². The van der Waals surface area contributed by atoms with Gasteiger partial charge in [0.05, 0.1) is 0 Å². The van der Waals surface area contributed by atoms with Crippen molar-refractivity contribution in [3.05, 3.63) is 69.7 Å². The molecule has 0 fully saturated rings. The van der Waals surface area contributed by atoms with E-state index in [1.807, 2.05) is 0 Å². The van der Waals surface area contributed by atoms with Crippen LogP contribution in [0.5, 0.6) is 0 Å². The normalized spacial score (nSPS) is 9.75. The Bertz CT molecular complexity index is 719. The SMILES string of the molecule is O=C(NNC(=O)c1cccc(Cl)c1)NNC(=O)c1cccc(Cl)c1. The fourth-order valence-electron chi connectivity index (χ4n) is 1.66. The second-order valence-corrected chi connectivity index (χ2v) is 5.38. The molecule has 0 aliphatic heterocycles. The summed E-state index contributed by atoms with van der Waals surface area (Å²) in [6, 6.07) is 11.5. The topological polar surface area (TPSA) is 99.3 Å². The maximum Gasteiger partial charge on any atom is 0.352 e. The van der Waals surface area contributed by atoms with Gasteiger partial charge in [0, 0.05) is 21.2 Å². The molecule has 0 aliphatic carbocycles. The number of benzene rings is 2. The number of urea groups is 1. The summed E-state index contributed by atoms with van der Waals surface area (Å²) < 4.78 is 0. The van der Waals surface area contributed by atoms with Crippen LogP contribution in [0, 0.1) is 0 Å². The summed E-state index contributed by atoms with van der Waals surface area (Å²) in [5.74, 6) is -1.12. The lowest BCUT2D eigenvalue weighted by atomic mass is 10.2. The molecule has 124 valence electrons. The minimum atomic E-state index is -0.833. The molecule has 4 N–H and O–H groups in total. The van der Waals surface area contributed by atoms with E-state index in [9.17, 15) is 14.4 Å². The molecular formula is C15H12Cl2N4O3. The zero-order valence-corrected chi connectivity index (χ0v) is 13.6. The van der Waals surface area contributed by atoms with E-state index in [1.165, 1.54) is 24.3 Å². The van der Waals surface area contributed by atoms with Gasteiger partial charge < -0.3 is 0 Å². The van der Waals surface area contributed by atoms with Gasteiger partial charge in [-0.05, 0) is 36.4 Å². The number of carbonyl (C=O) groups is 3. The minimum Gasteiger partial charge on any atom is -0.267 e. The molecule has 7 nitrogen and oxygen atoms in total. The van der Waals surface area contributed by atoms with Gasteiger partial charge in [-0.3, -0.25) is 20.4 Å². The maximum absolute atomic E-state index is 11.8. The summed E-state index contributed by atoms with van der Waals surface area (Å²) in [7, 11) is 0. The predicted molar refractivity (Wildman–Crippen MR) is 89.5 cm³/mol. The standard InChI is InChI=1S/C15H12Cl2N4O3/c16-11-5-1-3-9(7-11)13(22)18-20-15(24)21-19-14(23)10-4-2-6-12(17)8-10/h1-8H,(H,18,22)(H,19,23)(H2,20,21,24). The average molecular weight is 367 g/mol. The number of amides is 4. The third-order valence-electron chi connectivity index (χ3n) is 2.75. The Labute approximate surface area is 147 Å². The molecule has 24 heavy (non-hydrogen) atoms. The van der Waals surface area contributed by atoms with Gasteiger partial charge in [-0.1, -0.05) is 35.3 Å². The van der Waals surface area contributed by atoms with E-state index in [0.29, 0.717) is 10.0 Å². The Morgan fingerprint density at radius 1 is 0.667 bits per heavy atom. The van der Waals surface area contributed by atoms with Crippen molar-refractivity contribution in [3.8, 4) is 0 Å².